The number of aromatic nitrogens is 1. The summed E-state index contributed by atoms with van der Waals surface area (Å²) in [4.78, 5) is 39.5. The number of benzene rings is 2. The first-order valence-corrected chi connectivity index (χ1v) is 9.28. The van der Waals surface area contributed by atoms with Gasteiger partial charge in [0.15, 0.2) is 11.6 Å². The number of carbonyl (C=O) groups is 3. The van der Waals surface area contributed by atoms with Crippen LogP contribution in [0.4, 0.5) is 4.79 Å². The molecule has 0 radical (unpaired) electrons. The molecule has 28 heavy (non-hydrogen) atoms. The van der Waals surface area contributed by atoms with Crippen molar-refractivity contribution < 1.29 is 19.1 Å². The van der Waals surface area contributed by atoms with Crippen molar-refractivity contribution in [3.8, 4) is 11.3 Å². The molecule has 0 atom stereocenters. The van der Waals surface area contributed by atoms with Crippen LogP contribution >= 0.6 is 0 Å². The van der Waals surface area contributed by atoms with Crippen LogP contribution in [-0.4, -0.2) is 28.8 Å². The van der Waals surface area contributed by atoms with Gasteiger partial charge in [-0.25, -0.2) is 9.36 Å². The van der Waals surface area contributed by atoms with E-state index in [-0.39, 0.29) is 23.7 Å². The first kappa shape index (κ1) is 17.9. The van der Waals surface area contributed by atoms with E-state index in [0.717, 1.165) is 0 Å². The Morgan fingerprint density at radius 2 is 1.43 bits per heavy atom. The van der Waals surface area contributed by atoms with Crippen LogP contribution in [0.3, 0.4) is 0 Å². The van der Waals surface area contributed by atoms with Crippen LogP contribution in [0.1, 0.15) is 51.4 Å². The minimum Gasteiger partial charge on any atom is -0.449 e. The molecule has 0 fully saturated rings. The van der Waals surface area contributed by atoms with Gasteiger partial charge in [0.05, 0.1) is 23.4 Å². The number of hydrogen-bond donors (Lipinski definition) is 0. The summed E-state index contributed by atoms with van der Waals surface area (Å²) in [5, 5.41) is 0. The topological polar surface area (TPSA) is 65.4 Å². The highest BCUT2D eigenvalue weighted by Crippen LogP contribution is 2.39. The largest absolute Gasteiger partial charge is 0.449 e. The van der Waals surface area contributed by atoms with Crippen LogP contribution in [0.2, 0.25) is 0 Å². The average molecular weight is 373 g/mol. The first-order valence-electron chi connectivity index (χ1n) is 9.28. The van der Waals surface area contributed by atoms with Crippen LogP contribution in [0.5, 0.6) is 0 Å². The van der Waals surface area contributed by atoms with E-state index in [4.69, 9.17) is 4.74 Å². The third-order valence-electron chi connectivity index (χ3n) is 4.97. The number of ether oxygens (including phenoxy) is 1. The Morgan fingerprint density at radius 3 is 2.00 bits per heavy atom. The second-order valence-electron chi connectivity index (χ2n) is 6.50. The minimum atomic E-state index is -0.586. The smallest absolute Gasteiger partial charge is 0.418 e. The van der Waals surface area contributed by atoms with Crippen molar-refractivity contribution in [3.05, 3.63) is 82.5 Å². The van der Waals surface area contributed by atoms with Crippen molar-refractivity contribution in [1.82, 2.24) is 4.57 Å². The molecule has 0 unspecified atom stereocenters. The van der Waals surface area contributed by atoms with E-state index >= 15 is 0 Å². The van der Waals surface area contributed by atoms with Gasteiger partial charge in [-0.3, -0.25) is 9.59 Å². The number of carbonyl (C=O) groups excluding carboxylic acids is 3. The zero-order chi connectivity index (χ0) is 19.8. The Labute approximate surface area is 162 Å². The van der Waals surface area contributed by atoms with E-state index in [0.29, 0.717) is 40.1 Å². The summed E-state index contributed by atoms with van der Waals surface area (Å²) in [5.74, 6) is -0.482. The molecule has 0 bridgehead atoms. The molecule has 0 amide bonds. The highest BCUT2D eigenvalue weighted by Gasteiger charge is 2.39. The van der Waals surface area contributed by atoms with Gasteiger partial charge in [-0.1, -0.05) is 61.5 Å². The molecule has 1 aromatic heterocycles. The van der Waals surface area contributed by atoms with Crippen molar-refractivity contribution >= 4 is 17.7 Å². The maximum absolute atomic E-state index is 13.4. The van der Waals surface area contributed by atoms with Crippen molar-refractivity contribution in [3.63, 3.8) is 0 Å². The molecule has 140 valence electrons. The molecule has 0 saturated heterocycles. The van der Waals surface area contributed by atoms with Crippen LogP contribution in [0, 0.1) is 0 Å². The summed E-state index contributed by atoms with van der Waals surface area (Å²) >= 11 is 0. The van der Waals surface area contributed by atoms with Crippen LogP contribution < -0.4 is 0 Å². The third-order valence-corrected chi connectivity index (χ3v) is 4.97. The lowest BCUT2D eigenvalue weighted by atomic mass is 9.83. The second kappa shape index (κ2) is 6.93. The summed E-state index contributed by atoms with van der Waals surface area (Å²) in [6, 6.07) is 15.9. The molecule has 5 nitrogen and oxygen atoms in total. The maximum Gasteiger partial charge on any atom is 0.418 e. The van der Waals surface area contributed by atoms with Crippen LogP contribution in [0.15, 0.2) is 54.6 Å². The van der Waals surface area contributed by atoms with Crippen LogP contribution in [0.25, 0.3) is 11.3 Å². The lowest BCUT2D eigenvalue weighted by Gasteiger charge is -2.16. The standard InChI is InChI=1S/C23H19NO4/c1-3-17-18-19(22(26)16-13-9-8-12-15(16)21(18)25)20(14-10-6-5-7-11-14)24(17)23(27)28-4-2/h5-13H,3-4H2,1-2H3. The fraction of sp³-hybridized carbons (Fsp3) is 0.174. The summed E-state index contributed by atoms with van der Waals surface area (Å²) in [7, 11) is 0. The number of ketones is 2. The maximum atomic E-state index is 13.4. The summed E-state index contributed by atoms with van der Waals surface area (Å²) in [6.07, 6.45) is -0.174. The van der Waals surface area contributed by atoms with Crippen molar-refractivity contribution in [2.75, 3.05) is 6.61 Å². The SMILES string of the molecule is CCOC(=O)n1c(CC)c2c(c1-c1ccccc1)C(=O)c1ccccc1C2=O. The Balaban J connectivity index is 2.11. The fourth-order valence-electron chi connectivity index (χ4n) is 3.83. The molecule has 5 heteroatoms. The van der Waals surface area contributed by atoms with Crippen molar-refractivity contribution in [1.29, 1.82) is 0 Å². The molecule has 1 aliphatic rings. The second-order valence-corrected chi connectivity index (χ2v) is 6.50. The van der Waals surface area contributed by atoms with E-state index in [9.17, 15) is 14.4 Å². The Kier molecular flexibility index (Phi) is 4.43. The highest BCUT2D eigenvalue weighted by molar-refractivity contribution is 6.31. The van der Waals surface area contributed by atoms with Gasteiger partial charge < -0.3 is 4.74 Å². The predicted octanol–water partition coefficient (Wildman–Crippen LogP) is 4.50. The molecule has 1 heterocycles. The predicted molar refractivity (Wildman–Crippen MR) is 105 cm³/mol. The normalized spacial score (nSPS) is 12.5. The van der Waals surface area contributed by atoms with Gasteiger partial charge in [0.2, 0.25) is 0 Å². The molecule has 4 rings (SSSR count). The van der Waals surface area contributed by atoms with E-state index in [1.807, 2.05) is 37.3 Å². The summed E-state index contributed by atoms with van der Waals surface area (Å²) in [5.41, 5.74) is 2.92. The van der Waals surface area contributed by atoms with Crippen LogP contribution in [-0.2, 0) is 11.2 Å². The lowest BCUT2D eigenvalue weighted by molar-refractivity contribution is 0.0980. The zero-order valence-electron chi connectivity index (χ0n) is 15.7. The van der Waals surface area contributed by atoms with Gasteiger partial charge in [-0.15, -0.1) is 0 Å². The van der Waals surface area contributed by atoms with Crippen molar-refractivity contribution in [2.24, 2.45) is 0 Å². The molecule has 0 N–H and O–H groups in total. The van der Waals surface area contributed by atoms with E-state index in [1.165, 1.54) is 4.57 Å². The Morgan fingerprint density at radius 1 is 0.857 bits per heavy atom. The highest BCUT2D eigenvalue weighted by atomic mass is 16.5. The minimum absolute atomic E-state index is 0.196. The fourth-order valence-corrected chi connectivity index (χ4v) is 3.83. The molecule has 3 aromatic rings. The van der Waals surface area contributed by atoms with Gasteiger partial charge >= 0.3 is 6.09 Å². The first-order chi connectivity index (χ1) is 13.6. The lowest BCUT2D eigenvalue weighted by Crippen LogP contribution is -2.20. The molecular weight excluding hydrogens is 354 g/mol. The zero-order valence-corrected chi connectivity index (χ0v) is 15.7. The molecule has 1 aliphatic carbocycles. The number of nitrogens with zero attached hydrogens (tertiary/aromatic N) is 1. The van der Waals surface area contributed by atoms with E-state index in [2.05, 4.69) is 0 Å². The van der Waals surface area contributed by atoms with Gasteiger partial charge in [0.25, 0.3) is 0 Å². The molecule has 2 aromatic carbocycles. The van der Waals surface area contributed by atoms with Gasteiger partial charge in [-0.05, 0) is 18.9 Å². The Hall–Kier alpha value is -3.47. The number of hydrogen-bond acceptors (Lipinski definition) is 4. The number of fused-ring (bicyclic) bond motifs is 2. The molecule has 0 saturated carbocycles. The van der Waals surface area contributed by atoms with Gasteiger partial charge in [0.1, 0.15) is 0 Å². The molecule has 0 aliphatic heterocycles. The molecular formula is C23H19NO4. The van der Waals surface area contributed by atoms with Gasteiger partial charge in [0, 0.05) is 16.8 Å². The van der Waals surface area contributed by atoms with E-state index < -0.39 is 6.09 Å². The Bertz CT molecular complexity index is 1110. The van der Waals surface area contributed by atoms with Gasteiger partial charge in [-0.2, -0.15) is 0 Å². The average Bonchev–Trinajstić information content (AvgIpc) is 3.08. The third kappa shape index (κ3) is 2.51. The number of rotatable bonds is 3. The molecule has 0 spiro atoms. The quantitative estimate of drug-likeness (QED) is 0.530. The summed E-state index contributed by atoms with van der Waals surface area (Å²) < 4.78 is 6.65. The monoisotopic (exact) mass is 373 g/mol. The van der Waals surface area contributed by atoms with E-state index in [1.54, 1.807) is 31.2 Å². The summed E-state index contributed by atoms with van der Waals surface area (Å²) in [6.45, 7) is 3.78. The van der Waals surface area contributed by atoms with Crippen molar-refractivity contribution in [2.45, 2.75) is 20.3 Å².